The van der Waals surface area contributed by atoms with Crippen molar-refractivity contribution in [1.29, 1.82) is 0 Å². The highest BCUT2D eigenvalue weighted by Crippen LogP contribution is 2.28. The monoisotopic (exact) mass is 486 g/mol. The van der Waals surface area contributed by atoms with Crippen molar-refractivity contribution in [1.82, 2.24) is 19.8 Å². The third kappa shape index (κ3) is 6.36. The van der Waals surface area contributed by atoms with Crippen LogP contribution in [0.2, 0.25) is 0 Å². The second kappa shape index (κ2) is 11.9. The lowest BCUT2D eigenvalue weighted by Gasteiger charge is -2.37. The van der Waals surface area contributed by atoms with Gasteiger partial charge in [0.1, 0.15) is 11.7 Å². The number of carbonyl (C=O) groups is 1. The first-order valence-electron chi connectivity index (χ1n) is 12.3. The molecular weight excluding hydrogens is 452 g/mol. The Morgan fingerprint density at radius 2 is 1.89 bits per heavy atom. The van der Waals surface area contributed by atoms with Crippen molar-refractivity contribution >= 4 is 18.1 Å². The highest BCUT2D eigenvalue weighted by Gasteiger charge is 2.34. The van der Waals surface area contributed by atoms with Crippen LogP contribution in [0.15, 0.2) is 67.1 Å². The van der Waals surface area contributed by atoms with Crippen molar-refractivity contribution in [2.45, 2.75) is 32.5 Å². The molecule has 0 fully saturated rings. The average molecular weight is 487 g/mol. The minimum absolute atomic E-state index is 0.0374. The van der Waals surface area contributed by atoms with E-state index in [9.17, 15) is 9.90 Å². The second-order valence-corrected chi connectivity index (χ2v) is 9.54. The maximum atomic E-state index is 13.6. The minimum Gasteiger partial charge on any atom is -0.472 e. The Morgan fingerprint density at radius 1 is 1.17 bits per heavy atom. The van der Waals surface area contributed by atoms with Crippen molar-refractivity contribution in [3.63, 3.8) is 0 Å². The zero-order chi connectivity index (χ0) is 25.5. The number of rotatable bonds is 8. The standard InChI is InChI=1S/C29H34N4O3/c1-21-17-33(22(2)20-34)29(35)26-15-25(10-9-23-7-5-4-6-8-23)16-31-28(26)36-27(21)19-32(3)18-24-11-13-30-14-12-24/h4-16,21-22,27,34H,17-20H2,1-3H3/b10-9+/t21-,22-,27+/m0/s1. The maximum absolute atomic E-state index is 13.6. The number of likely N-dealkylation sites (N-methyl/N-ethyl adjacent to an activating group) is 1. The number of amides is 1. The maximum Gasteiger partial charge on any atom is 0.259 e. The number of fused-ring (bicyclic) bond motifs is 1. The number of hydrogen-bond acceptors (Lipinski definition) is 6. The first kappa shape index (κ1) is 25.5. The molecule has 3 heterocycles. The molecule has 0 radical (unpaired) electrons. The zero-order valence-electron chi connectivity index (χ0n) is 21.1. The summed E-state index contributed by atoms with van der Waals surface area (Å²) in [4.78, 5) is 26.2. The van der Waals surface area contributed by atoms with Gasteiger partial charge in [0, 0.05) is 44.1 Å². The Kier molecular flexibility index (Phi) is 8.46. The van der Waals surface area contributed by atoms with Crippen LogP contribution in [-0.4, -0.2) is 69.7 Å². The zero-order valence-corrected chi connectivity index (χ0v) is 21.1. The highest BCUT2D eigenvalue weighted by molar-refractivity contribution is 5.97. The lowest BCUT2D eigenvalue weighted by Crippen LogP contribution is -2.49. The average Bonchev–Trinajstić information content (AvgIpc) is 2.90. The largest absolute Gasteiger partial charge is 0.472 e. The molecule has 1 amide bonds. The van der Waals surface area contributed by atoms with Crippen molar-refractivity contribution in [2.24, 2.45) is 5.92 Å². The third-order valence-electron chi connectivity index (χ3n) is 6.50. The van der Waals surface area contributed by atoms with Gasteiger partial charge in [0.05, 0.1) is 12.6 Å². The van der Waals surface area contributed by atoms with Gasteiger partial charge in [-0.15, -0.1) is 0 Å². The molecule has 36 heavy (non-hydrogen) atoms. The molecule has 3 atom stereocenters. The Morgan fingerprint density at radius 3 is 2.61 bits per heavy atom. The summed E-state index contributed by atoms with van der Waals surface area (Å²) in [5.74, 6) is 0.195. The van der Waals surface area contributed by atoms with Gasteiger partial charge in [-0.05, 0) is 48.9 Å². The van der Waals surface area contributed by atoms with Gasteiger partial charge in [-0.1, -0.05) is 49.4 Å². The fourth-order valence-corrected chi connectivity index (χ4v) is 4.36. The van der Waals surface area contributed by atoms with Crippen molar-refractivity contribution < 1.29 is 14.6 Å². The first-order chi connectivity index (χ1) is 17.4. The van der Waals surface area contributed by atoms with Crippen molar-refractivity contribution in [3.8, 4) is 5.88 Å². The highest BCUT2D eigenvalue weighted by atomic mass is 16.5. The molecule has 188 valence electrons. The fraction of sp³-hybridized carbons (Fsp3) is 0.345. The molecule has 7 nitrogen and oxygen atoms in total. The molecule has 7 heteroatoms. The summed E-state index contributed by atoms with van der Waals surface area (Å²) in [5.41, 5.74) is 3.46. The smallest absolute Gasteiger partial charge is 0.259 e. The summed E-state index contributed by atoms with van der Waals surface area (Å²) in [6.45, 7) is 5.74. The molecule has 4 rings (SSSR count). The molecule has 1 aliphatic heterocycles. The molecule has 0 aliphatic carbocycles. The van der Waals surface area contributed by atoms with Crippen LogP contribution in [0.3, 0.4) is 0 Å². The SMILES string of the molecule is C[C@H]1CN([C@@H](C)CO)C(=O)c2cc(/C=C/c3ccccc3)cnc2O[C@@H]1CN(C)Cc1ccncc1. The molecule has 1 aromatic carbocycles. The van der Waals surface area contributed by atoms with Gasteiger partial charge in [0.2, 0.25) is 5.88 Å². The number of hydrogen-bond donors (Lipinski definition) is 1. The number of nitrogens with zero attached hydrogens (tertiary/aromatic N) is 4. The summed E-state index contributed by atoms with van der Waals surface area (Å²) in [5, 5.41) is 9.88. The van der Waals surface area contributed by atoms with Gasteiger partial charge in [-0.3, -0.25) is 14.7 Å². The van der Waals surface area contributed by atoms with Crippen LogP contribution in [-0.2, 0) is 6.54 Å². The van der Waals surface area contributed by atoms with Crippen LogP contribution >= 0.6 is 0 Å². The van der Waals surface area contributed by atoms with Crippen molar-refractivity contribution in [3.05, 3.63) is 89.4 Å². The number of aliphatic hydroxyl groups excluding tert-OH is 1. The topological polar surface area (TPSA) is 78.8 Å². The molecule has 0 unspecified atom stereocenters. The summed E-state index contributed by atoms with van der Waals surface area (Å²) in [6, 6.07) is 15.5. The number of aliphatic hydroxyl groups is 1. The third-order valence-corrected chi connectivity index (χ3v) is 6.50. The normalized spacial score (nSPS) is 19.0. The molecule has 1 aliphatic rings. The van der Waals surface area contributed by atoms with E-state index in [4.69, 9.17) is 4.74 Å². The number of pyridine rings is 2. The summed E-state index contributed by atoms with van der Waals surface area (Å²) >= 11 is 0. The van der Waals surface area contributed by atoms with Crippen LogP contribution in [0, 0.1) is 5.92 Å². The second-order valence-electron chi connectivity index (χ2n) is 9.54. The molecule has 0 saturated heterocycles. The van der Waals surface area contributed by atoms with Crippen molar-refractivity contribution in [2.75, 3.05) is 26.7 Å². The number of benzene rings is 1. The molecule has 0 saturated carbocycles. The van der Waals surface area contributed by atoms with Crippen LogP contribution in [0.5, 0.6) is 5.88 Å². The van der Waals surface area contributed by atoms with E-state index in [1.165, 1.54) is 5.56 Å². The van der Waals surface area contributed by atoms with E-state index in [0.717, 1.165) is 17.7 Å². The minimum atomic E-state index is -0.315. The van der Waals surface area contributed by atoms with Crippen LogP contribution in [0.1, 0.15) is 40.9 Å². The first-order valence-corrected chi connectivity index (χ1v) is 12.3. The van der Waals surface area contributed by atoms with E-state index >= 15 is 0 Å². The summed E-state index contributed by atoms with van der Waals surface area (Å²) < 4.78 is 6.41. The van der Waals surface area contributed by atoms with Gasteiger partial charge >= 0.3 is 0 Å². The van der Waals surface area contributed by atoms with E-state index in [0.29, 0.717) is 24.5 Å². The van der Waals surface area contributed by atoms with Crippen LogP contribution in [0.25, 0.3) is 12.2 Å². The molecule has 1 N–H and O–H groups in total. The van der Waals surface area contributed by atoms with E-state index in [2.05, 4.69) is 28.8 Å². The number of aromatic nitrogens is 2. The number of carbonyl (C=O) groups excluding carboxylic acids is 1. The predicted octanol–water partition coefficient (Wildman–Crippen LogP) is 4.00. The Balaban J connectivity index is 1.61. The molecule has 2 aromatic heterocycles. The van der Waals surface area contributed by atoms with Gasteiger partial charge in [0.25, 0.3) is 5.91 Å². The van der Waals surface area contributed by atoms with E-state index in [1.807, 2.05) is 67.6 Å². The molecule has 0 bridgehead atoms. The number of ether oxygens (including phenoxy) is 1. The quantitative estimate of drug-likeness (QED) is 0.519. The van der Waals surface area contributed by atoms with Crippen LogP contribution in [0.4, 0.5) is 0 Å². The summed E-state index contributed by atoms with van der Waals surface area (Å²) in [6.07, 6.45) is 9.07. The van der Waals surface area contributed by atoms with E-state index in [1.54, 1.807) is 23.5 Å². The summed E-state index contributed by atoms with van der Waals surface area (Å²) in [7, 11) is 2.06. The van der Waals surface area contributed by atoms with Gasteiger partial charge in [0.15, 0.2) is 0 Å². The van der Waals surface area contributed by atoms with Gasteiger partial charge in [-0.2, -0.15) is 0 Å². The van der Waals surface area contributed by atoms with Gasteiger partial charge < -0.3 is 14.7 Å². The lowest BCUT2D eigenvalue weighted by molar-refractivity contribution is 0.0325. The molecule has 3 aromatic rings. The van der Waals surface area contributed by atoms with E-state index < -0.39 is 0 Å². The molecular formula is C29H34N4O3. The predicted molar refractivity (Wildman–Crippen MR) is 141 cm³/mol. The molecule has 0 spiro atoms. The lowest BCUT2D eigenvalue weighted by atomic mass is 9.99. The Hall–Kier alpha value is -3.55. The van der Waals surface area contributed by atoms with E-state index in [-0.39, 0.29) is 30.6 Å². The van der Waals surface area contributed by atoms with Crippen LogP contribution < -0.4 is 4.74 Å². The van der Waals surface area contributed by atoms with Gasteiger partial charge in [-0.25, -0.2) is 4.98 Å². The Labute approximate surface area is 213 Å². The fourth-order valence-electron chi connectivity index (χ4n) is 4.36. The Bertz CT molecular complexity index is 1170.